The van der Waals surface area contributed by atoms with E-state index in [9.17, 15) is 14.9 Å². The van der Waals surface area contributed by atoms with Gasteiger partial charge in [-0.2, -0.15) is 0 Å². The Balaban J connectivity index is 2.99. The third-order valence-corrected chi connectivity index (χ3v) is 3.26. The van der Waals surface area contributed by atoms with E-state index in [4.69, 9.17) is 16.3 Å². The molecule has 1 N–H and O–H groups in total. The zero-order valence-corrected chi connectivity index (χ0v) is 12.3. The van der Waals surface area contributed by atoms with Gasteiger partial charge < -0.3 is 10.1 Å². The molecule has 0 saturated heterocycles. The van der Waals surface area contributed by atoms with Crippen LogP contribution in [-0.4, -0.2) is 29.9 Å². The maximum absolute atomic E-state index is 12.1. The molecule has 1 aromatic carbocycles. The van der Waals surface area contributed by atoms with Crippen LogP contribution in [0.25, 0.3) is 0 Å². The number of nitro benzene ring substituents is 1. The monoisotopic (exact) mass is 300 g/mol. The Morgan fingerprint density at radius 1 is 1.50 bits per heavy atom. The van der Waals surface area contributed by atoms with Crippen LogP contribution in [0.4, 0.5) is 5.69 Å². The molecule has 0 spiro atoms. The van der Waals surface area contributed by atoms with Gasteiger partial charge in [0, 0.05) is 23.6 Å². The Kier molecular flexibility index (Phi) is 5.76. The molecule has 0 aliphatic carbocycles. The van der Waals surface area contributed by atoms with E-state index in [1.807, 2.05) is 13.8 Å². The Labute approximate surface area is 122 Å². The molecule has 1 unspecified atom stereocenters. The molecule has 110 valence electrons. The number of halogens is 1. The molecule has 0 fully saturated rings. The highest BCUT2D eigenvalue weighted by molar-refractivity contribution is 6.18. The largest absolute Gasteiger partial charge is 0.490 e. The van der Waals surface area contributed by atoms with Crippen molar-refractivity contribution in [3.05, 3.63) is 33.9 Å². The SMILES string of the molecule is COc1ccc(C(=O)NC(CCl)C(C)C)cc1[N+](=O)[O-]. The number of amides is 1. The fraction of sp³-hybridized carbons (Fsp3) is 0.462. The molecule has 20 heavy (non-hydrogen) atoms. The van der Waals surface area contributed by atoms with Crippen molar-refractivity contribution in [1.82, 2.24) is 5.32 Å². The Bertz CT molecular complexity index is 505. The van der Waals surface area contributed by atoms with Crippen molar-refractivity contribution >= 4 is 23.2 Å². The molecule has 1 rings (SSSR count). The lowest BCUT2D eigenvalue weighted by molar-refractivity contribution is -0.385. The molecule has 0 aromatic heterocycles. The summed E-state index contributed by atoms with van der Waals surface area (Å²) >= 11 is 5.78. The Morgan fingerprint density at radius 3 is 2.60 bits per heavy atom. The lowest BCUT2D eigenvalue weighted by Gasteiger charge is -2.19. The molecule has 7 heteroatoms. The molecule has 0 heterocycles. The number of nitrogens with zero attached hydrogens (tertiary/aromatic N) is 1. The van der Waals surface area contributed by atoms with Gasteiger partial charge >= 0.3 is 5.69 Å². The van der Waals surface area contributed by atoms with Crippen LogP contribution in [0.3, 0.4) is 0 Å². The topological polar surface area (TPSA) is 81.5 Å². The minimum atomic E-state index is -0.586. The van der Waals surface area contributed by atoms with E-state index in [2.05, 4.69) is 5.32 Å². The number of nitro groups is 1. The smallest absolute Gasteiger partial charge is 0.311 e. The second kappa shape index (κ2) is 7.09. The van der Waals surface area contributed by atoms with Gasteiger partial charge in [0.15, 0.2) is 5.75 Å². The first-order valence-corrected chi connectivity index (χ1v) is 6.63. The number of ether oxygens (including phenoxy) is 1. The third-order valence-electron chi connectivity index (χ3n) is 2.93. The molecule has 1 atom stereocenters. The van der Waals surface area contributed by atoms with Gasteiger partial charge in [-0.25, -0.2) is 0 Å². The molecule has 0 bridgehead atoms. The Morgan fingerprint density at radius 2 is 2.15 bits per heavy atom. The second-order valence-corrected chi connectivity index (χ2v) is 4.93. The molecule has 1 aromatic rings. The van der Waals surface area contributed by atoms with E-state index in [0.29, 0.717) is 0 Å². The lowest BCUT2D eigenvalue weighted by Crippen LogP contribution is -2.39. The number of hydrogen-bond donors (Lipinski definition) is 1. The van der Waals surface area contributed by atoms with E-state index in [1.54, 1.807) is 0 Å². The standard InChI is InChI=1S/C13H17ClN2O4/c1-8(2)10(7-14)15-13(17)9-4-5-12(20-3)11(6-9)16(18)19/h4-6,8,10H,7H2,1-3H3,(H,15,17). The summed E-state index contributed by atoms with van der Waals surface area (Å²) in [6.07, 6.45) is 0. The summed E-state index contributed by atoms with van der Waals surface area (Å²) in [5.74, 6) is 0.172. The van der Waals surface area contributed by atoms with Crippen molar-refractivity contribution in [2.45, 2.75) is 19.9 Å². The minimum absolute atomic E-state index is 0.115. The van der Waals surface area contributed by atoms with Gasteiger partial charge in [0.25, 0.3) is 5.91 Å². The summed E-state index contributed by atoms with van der Waals surface area (Å²) in [5.41, 5.74) is -0.0413. The first-order valence-electron chi connectivity index (χ1n) is 6.10. The first-order chi connectivity index (χ1) is 9.40. The summed E-state index contributed by atoms with van der Waals surface area (Å²) in [4.78, 5) is 22.4. The van der Waals surface area contributed by atoms with E-state index in [1.165, 1.54) is 25.3 Å². The van der Waals surface area contributed by atoms with Crippen LogP contribution in [0.2, 0.25) is 0 Å². The Hall–Kier alpha value is -1.82. The number of methoxy groups -OCH3 is 1. The zero-order valence-electron chi connectivity index (χ0n) is 11.6. The molecule has 0 aliphatic heterocycles. The number of benzene rings is 1. The van der Waals surface area contributed by atoms with Crippen LogP contribution in [0.1, 0.15) is 24.2 Å². The van der Waals surface area contributed by atoms with E-state index in [0.717, 1.165) is 0 Å². The number of alkyl halides is 1. The summed E-state index contributed by atoms with van der Waals surface area (Å²) in [5, 5.41) is 13.7. The zero-order chi connectivity index (χ0) is 15.3. The van der Waals surface area contributed by atoms with E-state index < -0.39 is 10.8 Å². The van der Waals surface area contributed by atoms with Crippen molar-refractivity contribution in [3.63, 3.8) is 0 Å². The maximum atomic E-state index is 12.1. The van der Waals surface area contributed by atoms with Gasteiger partial charge in [-0.15, -0.1) is 11.6 Å². The number of nitrogens with one attached hydrogen (secondary N) is 1. The molecule has 6 nitrogen and oxygen atoms in total. The van der Waals surface area contributed by atoms with Gasteiger partial charge in [0.05, 0.1) is 12.0 Å². The van der Waals surface area contributed by atoms with Crippen molar-refractivity contribution in [2.24, 2.45) is 5.92 Å². The fourth-order valence-electron chi connectivity index (χ4n) is 1.61. The quantitative estimate of drug-likeness (QED) is 0.497. The molecular formula is C13H17ClN2O4. The second-order valence-electron chi connectivity index (χ2n) is 4.62. The maximum Gasteiger partial charge on any atom is 0.311 e. The number of hydrogen-bond acceptors (Lipinski definition) is 4. The van der Waals surface area contributed by atoms with Gasteiger partial charge in [0.1, 0.15) is 0 Å². The number of rotatable bonds is 6. The molecule has 1 amide bonds. The summed E-state index contributed by atoms with van der Waals surface area (Å²) in [7, 11) is 1.34. The third kappa shape index (κ3) is 3.84. The number of carbonyl (C=O) groups is 1. The highest BCUT2D eigenvalue weighted by atomic mass is 35.5. The predicted molar refractivity (Wildman–Crippen MR) is 76.5 cm³/mol. The molecule has 0 saturated carbocycles. The minimum Gasteiger partial charge on any atom is -0.490 e. The lowest BCUT2D eigenvalue weighted by atomic mass is 10.1. The van der Waals surface area contributed by atoms with Crippen molar-refractivity contribution < 1.29 is 14.5 Å². The molecule has 0 aliphatic rings. The highest BCUT2D eigenvalue weighted by Gasteiger charge is 2.20. The van der Waals surface area contributed by atoms with Gasteiger partial charge in [-0.05, 0) is 18.1 Å². The first kappa shape index (κ1) is 16.2. The normalized spacial score (nSPS) is 12.1. The van der Waals surface area contributed by atoms with Crippen LogP contribution in [0, 0.1) is 16.0 Å². The summed E-state index contributed by atoms with van der Waals surface area (Å²) < 4.78 is 4.89. The van der Waals surface area contributed by atoms with Crippen LogP contribution >= 0.6 is 11.6 Å². The number of carbonyl (C=O) groups excluding carboxylic acids is 1. The molecule has 0 radical (unpaired) electrons. The van der Waals surface area contributed by atoms with Crippen LogP contribution in [-0.2, 0) is 0 Å². The van der Waals surface area contributed by atoms with E-state index >= 15 is 0 Å². The highest BCUT2D eigenvalue weighted by Crippen LogP contribution is 2.27. The van der Waals surface area contributed by atoms with E-state index in [-0.39, 0.29) is 34.8 Å². The summed E-state index contributed by atoms with van der Waals surface area (Å²) in [6.45, 7) is 3.87. The average molecular weight is 301 g/mol. The van der Waals surface area contributed by atoms with Gasteiger partial charge in [0.2, 0.25) is 0 Å². The van der Waals surface area contributed by atoms with Gasteiger partial charge in [-0.1, -0.05) is 13.8 Å². The van der Waals surface area contributed by atoms with Crippen molar-refractivity contribution in [3.8, 4) is 5.75 Å². The molecular weight excluding hydrogens is 284 g/mol. The predicted octanol–water partition coefficient (Wildman–Crippen LogP) is 2.60. The van der Waals surface area contributed by atoms with Crippen LogP contribution < -0.4 is 10.1 Å². The van der Waals surface area contributed by atoms with Crippen LogP contribution in [0.15, 0.2) is 18.2 Å². The summed E-state index contributed by atoms with van der Waals surface area (Å²) in [6, 6.07) is 3.88. The van der Waals surface area contributed by atoms with Crippen molar-refractivity contribution in [2.75, 3.05) is 13.0 Å². The average Bonchev–Trinajstić information content (AvgIpc) is 2.43. The van der Waals surface area contributed by atoms with Gasteiger partial charge in [-0.3, -0.25) is 14.9 Å². The fourth-order valence-corrected chi connectivity index (χ4v) is 2.04. The van der Waals surface area contributed by atoms with Crippen LogP contribution in [0.5, 0.6) is 5.75 Å². The van der Waals surface area contributed by atoms with Crippen molar-refractivity contribution in [1.29, 1.82) is 0 Å².